The fourth-order valence-electron chi connectivity index (χ4n) is 3.18. The lowest BCUT2D eigenvalue weighted by molar-refractivity contribution is 0.632. The molecule has 1 aliphatic rings. The van der Waals surface area contributed by atoms with Crippen LogP contribution >= 0.6 is 35.7 Å². The van der Waals surface area contributed by atoms with Crippen molar-refractivity contribution in [1.29, 1.82) is 0 Å². The van der Waals surface area contributed by atoms with E-state index in [4.69, 9.17) is 4.99 Å². The topological polar surface area (TPSA) is 70.4 Å². The predicted octanol–water partition coefficient (Wildman–Crippen LogP) is 2.77. The first kappa shape index (κ1) is 23.8. The molecule has 3 rings (SSSR count). The monoisotopic (exact) mass is 529 g/mol. The van der Waals surface area contributed by atoms with E-state index in [0.717, 1.165) is 50.9 Å². The molecule has 1 saturated heterocycles. The Hall–Kier alpha value is -1.49. The molecule has 1 aliphatic heterocycles. The zero-order valence-corrected chi connectivity index (χ0v) is 20.5. The average Bonchev–Trinajstić information content (AvgIpc) is 3.20. The minimum Gasteiger partial charge on any atom is -0.370 e. The Labute approximate surface area is 195 Å². The van der Waals surface area contributed by atoms with Crippen molar-refractivity contribution in [3.63, 3.8) is 0 Å². The highest BCUT2D eigenvalue weighted by atomic mass is 127. The summed E-state index contributed by atoms with van der Waals surface area (Å²) < 4.78 is 2.08. The van der Waals surface area contributed by atoms with E-state index in [1.54, 1.807) is 6.33 Å². The summed E-state index contributed by atoms with van der Waals surface area (Å²) in [6, 6.07) is 8.82. The summed E-state index contributed by atoms with van der Waals surface area (Å²) in [7, 11) is 0. The summed E-state index contributed by atoms with van der Waals surface area (Å²) in [5.74, 6) is 4.29. The van der Waals surface area contributed by atoms with Crippen LogP contribution in [0.25, 0.3) is 0 Å². The quantitative estimate of drug-likeness (QED) is 0.312. The molecule has 1 fully saturated rings. The third-order valence-electron chi connectivity index (χ3n) is 4.73. The smallest absolute Gasteiger partial charge is 0.191 e. The summed E-state index contributed by atoms with van der Waals surface area (Å²) in [5, 5.41) is 14.8. The molecule has 0 unspecified atom stereocenters. The van der Waals surface area contributed by atoms with Crippen molar-refractivity contribution in [3.8, 4) is 0 Å². The van der Waals surface area contributed by atoms with Crippen molar-refractivity contribution in [2.24, 2.45) is 4.99 Å². The van der Waals surface area contributed by atoms with Crippen LogP contribution in [-0.2, 0) is 19.5 Å². The van der Waals surface area contributed by atoms with Crippen molar-refractivity contribution in [3.05, 3.63) is 42.0 Å². The molecule has 0 aliphatic carbocycles. The van der Waals surface area contributed by atoms with Gasteiger partial charge in [0.15, 0.2) is 5.96 Å². The maximum Gasteiger partial charge on any atom is 0.191 e. The highest BCUT2D eigenvalue weighted by molar-refractivity contribution is 14.0. The molecule has 29 heavy (non-hydrogen) atoms. The first-order valence-electron chi connectivity index (χ1n) is 10.1. The van der Waals surface area contributed by atoms with Crippen LogP contribution in [0, 0.1) is 0 Å². The number of benzene rings is 1. The van der Waals surface area contributed by atoms with E-state index in [1.165, 1.54) is 22.8 Å². The van der Waals surface area contributed by atoms with Gasteiger partial charge in [0, 0.05) is 56.3 Å². The number of anilines is 1. The van der Waals surface area contributed by atoms with Gasteiger partial charge in [-0.25, -0.2) is 4.99 Å². The molecule has 0 atom stereocenters. The number of halogens is 1. The minimum absolute atomic E-state index is 0. The van der Waals surface area contributed by atoms with E-state index in [2.05, 4.69) is 68.4 Å². The van der Waals surface area contributed by atoms with Crippen LogP contribution < -0.4 is 15.5 Å². The Bertz CT molecular complexity index is 742. The minimum atomic E-state index is 0. The number of guanidine groups is 1. The van der Waals surface area contributed by atoms with Crippen LogP contribution in [0.5, 0.6) is 0 Å². The zero-order chi connectivity index (χ0) is 19.6. The van der Waals surface area contributed by atoms with Crippen LogP contribution in [-0.4, -0.2) is 58.4 Å². The van der Waals surface area contributed by atoms with Crippen LogP contribution in [0.2, 0.25) is 0 Å². The average molecular weight is 529 g/mol. The summed E-state index contributed by atoms with van der Waals surface area (Å²) in [4.78, 5) is 7.19. The largest absolute Gasteiger partial charge is 0.370 e. The maximum absolute atomic E-state index is 4.72. The van der Waals surface area contributed by atoms with Gasteiger partial charge in [-0.1, -0.05) is 19.1 Å². The summed E-state index contributed by atoms with van der Waals surface area (Å²) in [6.45, 7) is 9.56. The number of rotatable bonds is 8. The van der Waals surface area contributed by atoms with Gasteiger partial charge in [-0.3, -0.25) is 0 Å². The number of aryl methyl sites for hydroxylation is 1. The Balaban J connectivity index is 0.00000300. The second kappa shape index (κ2) is 12.9. The van der Waals surface area contributed by atoms with E-state index in [0.29, 0.717) is 6.54 Å². The lowest BCUT2D eigenvalue weighted by atomic mass is 10.2. The third kappa shape index (κ3) is 7.36. The van der Waals surface area contributed by atoms with Crippen molar-refractivity contribution < 1.29 is 0 Å². The second-order valence-corrected chi connectivity index (χ2v) is 7.91. The highest BCUT2D eigenvalue weighted by Gasteiger charge is 2.10. The van der Waals surface area contributed by atoms with Crippen molar-refractivity contribution in [2.75, 3.05) is 42.6 Å². The van der Waals surface area contributed by atoms with Gasteiger partial charge in [0.1, 0.15) is 12.2 Å². The molecule has 2 aromatic rings. The van der Waals surface area contributed by atoms with E-state index in [-0.39, 0.29) is 24.0 Å². The third-order valence-corrected chi connectivity index (χ3v) is 5.68. The molecule has 0 radical (unpaired) electrons. The molecular formula is C20H32IN7S. The van der Waals surface area contributed by atoms with Crippen LogP contribution in [0.4, 0.5) is 5.69 Å². The van der Waals surface area contributed by atoms with E-state index in [9.17, 15) is 0 Å². The number of aliphatic imine (C=N–C) groups is 1. The molecule has 0 bridgehead atoms. The van der Waals surface area contributed by atoms with Crippen molar-refractivity contribution in [1.82, 2.24) is 25.4 Å². The zero-order valence-electron chi connectivity index (χ0n) is 17.3. The molecule has 2 heterocycles. The molecule has 0 saturated carbocycles. The lowest BCUT2D eigenvalue weighted by Crippen LogP contribution is -2.38. The van der Waals surface area contributed by atoms with Gasteiger partial charge >= 0.3 is 0 Å². The molecule has 7 nitrogen and oxygen atoms in total. The number of nitrogens with zero attached hydrogens (tertiary/aromatic N) is 5. The van der Waals surface area contributed by atoms with Gasteiger partial charge in [-0.2, -0.15) is 11.8 Å². The Morgan fingerprint density at radius 3 is 2.59 bits per heavy atom. The number of hydrogen-bond acceptors (Lipinski definition) is 5. The standard InChI is InChI=1S/C20H31N7S.HI/c1-3-19-25-24-16-27(19)10-9-22-20(21-4-2)23-15-17-5-7-18(8-6-17)26-11-13-28-14-12-26;/h5-8,16H,3-4,9-15H2,1-2H3,(H2,21,22,23);1H. The molecular weight excluding hydrogens is 497 g/mol. The summed E-state index contributed by atoms with van der Waals surface area (Å²) in [6.07, 6.45) is 2.67. The van der Waals surface area contributed by atoms with Gasteiger partial charge in [0.05, 0.1) is 6.54 Å². The normalized spacial score (nSPS) is 14.4. The Kier molecular flexibility index (Phi) is 10.6. The summed E-state index contributed by atoms with van der Waals surface area (Å²) in [5.41, 5.74) is 2.54. The van der Waals surface area contributed by atoms with E-state index >= 15 is 0 Å². The SMILES string of the molecule is CCNC(=NCc1ccc(N2CCSCC2)cc1)NCCn1cnnc1CC.I. The van der Waals surface area contributed by atoms with Gasteiger partial charge in [-0.05, 0) is 24.6 Å². The molecule has 160 valence electrons. The van der Waals surface area contributed by atoms with E-state index < -0.39 is 0 Å². The Morgan fingerprint density at radius 2 is 1.90 bits per heavy atom. The number of aromatic nitrogens is 3. The van der Waals surface area contributed by atoms with Gasteiger partial charge in [-0.15, -0.1) is 34.2 Å². The van der Waals surface area contributed by atoms with Crippen LogP contribution in [0.15, 0.2) is 35.6 Å². The molecule has 0 amide bonds. The lowest BCUT2D eigenvalue weighted by Gasteiger charge is -2.28. The first-order valence-corrected chi connectivity index (χ1v) is 11.3. The number of nitrogens with one attached hydrogen (secondary N) is 2. The van der Waals surface area contributed by atoms with Crippen LogP contribution in [0.1, 0.15) is 25.2 Å². The maximum atomic E-state index is 4.72. The van der Waals surface area contributed by atoms with Gasteiger partial charge < -0.3 is 20.1 Å². The van der Waals surface area contributed by atoms with Gasteiger partial charge in [0.2, 0.25) is 0 Å². The summed E-state index contributed by atoms with van der Waals surface area (Å²) >= 11 is 2.04. The number of hydrogen-bond donors (Lipinski definition) is 2. The molecule has 1 aromatic carbocycles. The fourth-order valence-corrected chi connectivity index (χ4v) is 4.08. The van der Waals surface area contributed by atoms with E-state index in [1.807, 2.05) is 11.8 Å². The molecule has 0 spiro atoms. The Morgan fingerprint density at radius 1 is 1.14 bits per heavy atom. The molecule has 9 heteroatoms. The second-order valence-electron chi connectivity index (χ2n) is 6.68. The van der Waals surface area contributed by atoms with Gasteiger partial charge in [0.25, 0.3) is 0 Å². The fraction of sp³-hybridized carbons (Fsp3) is 0.550. The van der Waals surface area contributed by atoms with Crippen LogP contribution in [0.3, 0.4) is 0 Å². The molecule has 1 aromatic heterocycles. The number of thioether (sulfide) groups is 1. The highest BCUT2D eigenvalue weighted by Crippen LogP contribution is 2.20. The molecule has 2 N–H and O–H groups in total. The predicted molar refractivity (Wildman–Crippen MR) is 134 cm³/mol. The van der Waals surface area contributed by atoms with Crippen molar-refractivity contribution >= 4 is 47.4 Å². The van der Waals surface area contributed by atoms with Crippen molar-refractivity contribution in [2.45, 2.75) is 33.4 Å². The first-order chi connectivity index (χ1) is 13.8.